The minimum atomic E-state index is -3.79. The largest absolute Gasteiger partial charge is 0.497 e. The summed E-state index contributed by atoms with van der Waals surface area (Å²) >= 11 is 0. The number of rotatable bonds is 5. The molecule has 7 heteroatoms. The number of carbonyl (C=O) groups excluding carboxylic acids is 1. The molecule has 3 aromatic carbocycles. The monoisotopic (exact) mass is 436 g/mol. The van der Waals surface area contributed by atoms with E-state index in [1.165, 1.54) is 30.6 Å². The summed E-state index contributed by atoms with van der Waals surface area (Å²) in [7, 11) is -0.776. The number of sulfonamides is 1. The SMILES string of the molecule is COc1ccc(S(=O)(=O)N(C)c2cccc(C(=O)N3c4ccccc4C[C@H]3C)c2)cc1. The van der Waals surface area contributed by atoms with Crippen LogP contribution in [0.4, 0.5) is 11.4 Å². The van der Waals surface area contributed by atoms with Crippen molar-refractivity contribution in [3.63, 3.8) is 0 Å². The quantitative estimate of drug-likeness (QED) is 0.604. The normalized spacial score (nSPS) is 15.5. The van der Waals surface area contributed by atoms with Gasteiger partial charge in [-0.1, -0.05) is 24.3 Å². The predicted octanol–water partition coefficient (Wildman–Crippen LogP) is 4.11. The van der Waals surface area contributed by atoms with Gasteiger partial charge in [0.1, 0.15) is 5.75 Å². The van der Waals surface area contributed by atoms with E-state index in [4.69, 9.17) is 4.74 Å². The molecule has 31 heavy (non-hydrogen) atoms. The molecule has 0 fully saturated rings. The maximum absolute atomic E-state index is 13.3. The van der Waals surface area contributed by atoms with Crippen molar-refractivity contribution in [1.82, 2.24) is 0 Å². The van der Waals surface area contributed by atoms with Gasteiger partial charge in [-0.05, 0) is 67.4 Å². The summed E-state index contributed by atoms with van der Waals surface area (Å²) in [6.45, 7) is 2.02. The summed E-state index contributed by atoms with van der Waals surface area (Å²) in [6.07, 6.45) is 0.799. The topological polar surface area (TPSA) is 66.9 Å². The maximum atomic E-state index is 13.3. The molecular weight excluding hydrogens is 412 g/mol. The smallest absolute Gasteiger partial charge is 0.264 e. The number of para-hydroxylation sites is 1. The first kappa shape index (κ1) is 20.9. The molecule has 0 saturated heterocycles. The van der Waals surface area contributed by atoms with Gasteiger partial charge >= 0.3 is 0 Å². The zero-order valence-electron chi connectivity index (χ0n) is 17.6. The van der Waals surface area contributed by atoms with Crippen LogP contribution in [0.2, 0.25) is 0 Å². The highest BCUT2D eigenvalue weighted by Crippen LogP contribution is 2.33. The van der Waals surface area contributed by atoms with E-state index in [1.54, 1.807) is 41.3 Å². The number of hydrogen-bond acceptors (Lipinski definition) is 4. The van der Waals surface area contributed by atoms with Crippen LogP contribution in [0.5, 0.6) is 5.75 Å². The summed E-state index contributed by atoms with van der Waals surface area (Å²) in [4.78, 5) is 15.3. The number of carbonyl (C=O) groups is 1. The average Bonchev–Trinajstić information content (AvgIpc) is 3.13. The Morgan fingerprint density at radius 1 is 1.03 bits per heavy atom. The molecule has 6 nitrogen and oxygen atoms in total. The predicted molar refractivity (Wildman–Crippen MR) is 121 cm³/mol. The number of nitrogens with zero attached hydrogens (tertiary/aromatic N) is 2. The molecule has 0 aromatic heterocycles. The Balaban J connectivity index is 1.64. The zero-order chi connectivity index (χ0) is 22.2. The molecule has 0 aliphatic carbocycles. The minimum Gasteiger partial charge on any atom is -0.497 e. The first-order valence-electron chi connectivity index (χ1n) is 9.97. The highest BCUT2D eigenvalue weighted by Gasteiger charge is 2.31. The summed E-state index contributed by atoms with van der Waals surface area (Å²) in [5.74, 6) is 0.434. The highest BCUT2D eigenvalue weighted by molar-refractivity contribution is 7.92. The number of hydrogen-bond donors (Lipinski definition) is 0. The summed E-state index contributed by atoms with van der Waals surface area (Å²) < 4.78 is 32.4. The minimum absolute atomic E-state index is 0.0364. The number of benzene rings is 3. The van der Waals surface area contributed by atoms with Gasteiger partial charge in [-0.15, -0.1) is 0 Å². The van der Waals surface area contributed by atoms with Crippen LogP contribution in [-0.4, -0.2) is 34.5 Å². The fraction of sp³-hybridized carbons (Fsp3) is 0.208. The van der Waals surface area contributed by atoms with E-state index < -0.39 is 10.0 Å². The Morgan fingerprint density at radius 3 is 2.45 bits per heavy atom. The van der Waals surface area contributed by atoms with Crippen LogP contribution in [0.25, 0.3) is 0 Å². The van der Waals surface area contributed by atoms with Gasteiger partial charge in [0, 0.05) is 24.3 Å². The molecule has 4 rings (SSSR count). The molecule has 1 aliphatic heterocycles. The van der Waals surface area contributed by atoms with Crippen molar-refractivity contribution < 1.29 is 17.9 Å². The number of ether oxygens (including phenoxy) is 1. The molecule has 1 aliphatic rings. The highest BCUT2D eigenvalue weighted by atomic mass is 32.2. The number of fused-ring (bicyclic) bond motifs is 1. The second kappa shape index (κ2) is 8.07. The Kier molecular flexibility index (Phi) is 5.45. The van der Waals surface area contributed by atoms with Crippen LogP contribution in [0.1, 0.15) is 22.8 Å². The zero-order valence-corrected chi connectivity index (χ0v) is 18.5. The van der Waals surface area contributed by atoms with E-state index in [-0.39, 0.29) is 16.8 Å². The van der Waals surface area contributed by atoms with Gasteiger partial charge in [0.2, 0.25) is 0 Å². The second-order valence-corrected chi connectivity index (χ2v) is 9.52. The Bertz CT molecular complexity index is 1220. The lowest BCUT2D eigenvalue weighted by molar-refractivity contribution is 0.0981. The van der Waals surface area contributed by atoms with E-state index in [2.05, 4.69) is 0 Å². The van der Waals surface area contributed by atoms with Crippen molar-refractivity contribution in [3.8, 4) is 5.75 Å². The third-order valence-electron chi connectivity index (χ3n) is 5.60. The van der Waals surface area contributed by atoms with Crippen molar-refractivity contribution in [1.29, 1.82) is 0 Å². The standard InChI is InChI=1S/C24H24N2O4S/c1-17-15-18-7-4-5-10-23(18)26(17)24(27)19-8-6-9-20(16-19)25(2)31(28,29)22-13-11-21(30-3)12-14-22/h4-14,16-17H,15H2,1-3H3/t17-/m1/s1. The molecular formula is C24H24N2O4S. The first-order valence-corrected chi connectivity index (χ1v) is 11.4. The molecule has 0 spiro atoms. The molecule has 0 bridgehead atoms. The van der Waals surface area contributed by atoms with E-state index in [1.807, 2.05) is 31.2 Å². The molecule has 0 radical (unpaired) electrons. The van der Waals surface area contributed by atoms with Crippen LogP contribution < -0.4 is 13.9 Å². The second-order valence-electron chi connectivity index (χ2n) is 7.56. The average molecular weight is 437 g/mol. The number of methoxy groups -OCH3 is 1. The Labute approximate surface area is 182 Å². The van der Waals surface area contributed by atoms with Gasteiger partial charge in [0.15, 0.2) is 0 Å². The van der Waals surface area contributed by atoms with Crippen molar-refractivity contribution in [3.05, 3.63) is 83.9 Å². The fourth-order valence-electron chi connectivity index (χ4n) is 3.89. The first-order chi connectivity index (χ1) is 14.8. The van der Waals surface area contributed by atoms with Crippen LogP contribution >= 0.6 is 0 Å². The van der Waals surface area contributed by atoms with E-state index in [9.17, 15) is 13.2 Å². The van der Waals surface area contributed by atoms with Crippen LogP contribution in [-0.2, 0) is 16.4 Å². The molecule has 0 unspecified atom stereocenters. The maximum Gasteiger partial charge on any atom is 0.264 e. The fourth-order valence-corrected chi connectivity index (χ4v) is 5.08. The lowest BCUT2D eigenvalue weighted by Crippen LogP contribution is -2.36. The Morgan fingerprint density at radius 2 is 1.74 bits per heavy atom. The summed E-state index contributed by atoms with van der Waals surface area (Å²) in [6, 6.07) is 20.8. The van der Waals surface area contributed by atoms with Gasteiger partial charge in [0.05, 0.1) is 17.7 Å². The molecule has 0 saturated carbocycles. The van der Waals surface area contributed by atoms with Gasteiger partial charge < -0.3 is 9.64 Å². The lowest BCUT2D eigenvalue weighted by atomic mass is 10.1. The third kappa shape index (κ3) is 3.77. The molecule has 1 amide bonds. The van der Waals surface area contributed by atoms with Gasteiger partial charge in [-0.3, -0.25) is 9.10 Å². The van der Waals surface area contributed by atoms with Crippen LogP contribution in [0.15, 0.2) is 77.7 Å². The van der Waals surface area contributed by atoms with Crippen LogP contribution in [0, 0.1) is 0 Å². The molecule has 0 N–H and O–H groups in total. The van der Waals surface area contributed by atoms with Crippen molar-refractivity contribution in [2.45, 2.75) is 24.3 Å². The van der Waals surface area contributed by atoms with Crippen molar-refractivity contribution in [2.75, 3.05) is 23.4 Å². The third-order valence-corrected chi connectivity index (χ3v) is 7.40. The van der Waals surface area contributed by atoms with Crippen molar-refractivity contribution in [2.24, 2.45) is 0 Å². The van der Waals surface area contributed by atoms with Crippen molar-refractivity contribution >= 4 is 27.3 Å². The van der Waals surface area contributed by atoms with E-state index in [0.29, 0.717) is 17.0 Å². The molecule has 160 valence electrons. The lowest BCUT2D eigenvalue weighted by Gasteiger charge is -2.24. The van der Waals surface area contributed by atoms with Gasteiger partial charge in [-0.2, -0.15) is 0 Å². The van der Waals surface area contributed by atoms with Crippen LogP contribution in [0.3, 0.4) is 0 Å². The number of anilines is 2. The van der Waals surface area contributed by atoms with E-state index in [0.717, 1.165) is 17.7 Å². The summed E-state index contributed by atoms with van der Waals surface area (Å²) in [5.41, 5.74) is 2.91. The molecule has 1 heterocycles. The van der Waals surface area contributed by atoms with Gasteiger partial charge in [-0.25, -0.2) is 8.42 Å². The number of amides is 1. The summed E-state index contributed by atoms with van der Waals surface area (Å²) in [5, 5.41) is 0. The van der Waals surface area contributed by atoms with Gasteiger partial charge in [0.25, 0.3) is 15.9 Å². The Hall–Kier alpha value is -3.32. The van der Waals surface area contributed by atoms with E-state index >= 15 is 0 Å². The molecule has 1 atom stereocenters. The molecule has 3 aromatic rings.